The van der Waals surface area contributed by atoms with Gasteiger partial charge in [0.25, 0.3) is 0 Å². The molecule has 0 atom stereocenters. The third-order valence-electron chi connectivity index (χ3n) is 2.54. The molecule has 1 aliphatic rings. The molecular weight excluding hydrogens is 136 g/mol. The average Bonchev–Trinajstić information content (AvgIpc) is 1.93. The van der Waals surface area contributed by atoms with Gasteiger partial charge in [-0.1, -0.05) is 6.42 Å². The van der Waals surface area contributed by atoms with Gasteiger partial charge < -0.3 is 10.6 Å². The molecule has 0 aromatic carbocycles. The standard InChI is InChI=1S/C9H20N2/c1-11(7-3-6-10)8-9-4-2-5-9/h9H,2-8,10H2,1H3. The third kappa shape index (κ3) is 3.21. The van der Waals surface area contributed by atoms with E-state index in [4.69, 9.17) is 5.73 Å². The van der Waals surface area contributed by atoms with Crippen molar-refractivity contribution in [2.75, 3.05) is 26.7 Å². The van der Waals surface area contributed by atoms with Gasteiger partial charge >= 0.3 is 0 Å². The fourth-order valence-corrected chi connectivity index (χ4v) is 1.57. The maximum Gasteiger partial charge on any atom is 0.000661 e. The van der Waals surface area contributed by atoms with E-state index in [0.29, 0.717) is 0 Å². The monoisotopic (exact) mass is 156 g/mol. The van der Waals surface area contributed by atoms with E-state index >= 15 is 0 Å². The van der Waals surface area contributed by atoms with E-state index in [9.17, 15) is 0 Å². The number of hydrogen-bond donors (Lipinski definition) is 1. The predicted octanol–water partition coefficient (Wildman–Crippen LogP) is 1.07. The van der Waals surface area contributed by atoms with E-state index < -0.39 is 0 Å². The van der Waals surface area contributed by atoms with Crippen LogP contribution in [0.5, 0.6) is 0 Å². The van der Waals surface area contributed by atoms with E-state index in [-0.39, 0.29) is 0 Å². The van der Waals surface area contributed by atoms with Crippen molar-refractivity contribution >= 4 is 0 Å². The highest BCUT2D eigenvalue weighted by molar-refractivity contribution is 4.72. The minimum atomic E-state index is 0.828. The Morgan fingerprint density at radius 3 is 2.64 bits per heavy atom. The summed E-state index contributed by atoms with van der Waals surface area (Å²) in [5, 5.41) is 0. The highest BCUT2D eigenvalue weighted by Gasteiger charge is 2.18. The van der Waals surface area contributed by atoms with Gasteiger partial charge in [0.1, 0.15) is 0 Å². The van der Waals surface area contributed by atoms with Crippen LogP contribution in [0.4, 0.5) is 0 Å². The first-order chi connectivity index (χ1) is 5.33. The summed E-state index contributed by atoms with van der Waals surface area (Å²) in [6, 6.07) is 0. The van der Waals surface area contributed by atoms with Crippen LogP contribution < -0.4 is 5.73 Å². The maximum atomic E-state index is 5.43. The molecule has 0 amide bonds. The molecule has 2 nitrogen and oxygen atoms in total. The van der Waals surface area contributed by atoms with Gasteiger partial charge in [0.05, 0.1) is 0 Å². The van der Waals surface area contributed by atoms with Crippen LogP contribution >= 0.6 is 0 Å². The average molecular weight is 156 g/mol. The van der Waals surface area contributed by atoms with Crippen LogP contribution in [0.3, 0.4) is 0 Å². The second-order valence-corrected chi connectivity index (χ2v) is 3.70. The van der Waals surface area contributed by atoms with Gasteiger partial charge in [0.15, 0.2) is 0 Å². The summed E-state index contributed by atoms with van der Waals surface area (Å²) in [6.07, 6.45) is 5.50. The molecule has 0 aromatic rings. The first-order valence-electron chi connectivity index (χ1n) is 4.71. The Balaban J connectivity index is 1.95. The lowest BCUT2D eigenvalue weighted by molar-refractivity contribution is 0.205. The lowest BCUT2D eigenvalue weighted by Gasteiger charge is -2.29. The molecule has 1 rings (SSSR count). The van der Waals surface area contributed by atoms with Crippen LogP contribution in [0.1, 0.15) is 25.7 Å². The normalized spacial score (nSPS) is 18.8. The minimum absolute atomic E-state index is 0.828. The van der Waals surface area contributed by atoms with Crippen LogP contribution in [0, 0.1) is 5.92 Å². The Morgan fingerprint density at radius 1 is 1.45 bits per heavy atom. The zero-order chi connectivity index (χ0) is 8.10. The zero-order valence-corrected chi connectivity index (χ0v) is 7.55. The van der Waals surface area contributed by atoms with Crippen molar-refractivity contribution in [3.8, 4) is 0 Å². The van der Waals surface area contributed by atoms with E-state index in [0.717, 1.165) is 18.9 Å². The summed E-state index contributed by atoms with van der Waals surface area (Å²) < 4.78 is 0. The summed E-state index contributed by atoms with van der Waals surface area (Å²) in [4.78, 5) is 2.41. The van der Waals surface area contributed by atoms with Crippen molar-refractivity contribution in [2.45, 2.75) is 25.7 Å². The smallest absolute Gasteiger partial charge is 0.000661 e. The highest BCUT2D eigenvalue weighted by atomic mass is 15.1. The molecule has 0 spiro atoms. The Labute approximate surface area is 69.8 Å². The van der Waals surface area contributed by atoms with Crippen LogP contribution in [0.2, 0.25) is 0 Å². The van der Waals surface area contributed by atoms with Crippen LogP contribution in [-0.4, -0.2) is 31.6 Å². The number of nitrogens with zero attached hydrogens (tertiary/aromatic N) is 1. The fourth-order valence-electron chi connectivity index (χ4n) is 1.57. The SMILES string of the molecule is CN(CCCN)CC1CCC1. The highest BCUT2D eigenvalue weighted by Crippen LogP contribution is 2.26. The molecule has 0 heterocycles. The molecule has 0 radical (unpaired) electrons. The molecule has 0 aliphatic heterocycles. The van der Waals surface area contributed by atoms with Gasteiger partial charge in [-0.3, -0.25) is 0 Å². The van der Waals surface area contributed by atoms with Gasteiger partial charge in [0, 0.05) is 6.54 Å². The first kappa shape index (κ1) is 9.01. The van der Waals surface area contributed by atoms with Crippen LogP contribution in [0.15, 0.2) is 0 Å². The number of nitrogens with two attached hydrogens (primary N) is 1. The molecule has 2 heteroatoms. The summed E-state index contributed by atoms with van der Waals surface area (Å²) in [5.74, 6) is 0.998. The second-order valence-electron chi connectivity index (χ2n) is 3.70. The Morgan fingerprint density at radius 2 is 2.18 bits per heavy atom. The first-order valence-corrected chi connectivity index (χ1v) is 4.71. The molecule has 0 bridgehead atoms. The lowest BCUT2D eigenvalue weighted by Crippen LogP contribution is -2.30. The summed E-state index contributed by atoms with van der Waals surface area (Å²) >= 11 is 0. The van der Waals surface area contributed by atoms with Gasteiger partial charge in [-0.2, -0.15) is 0 Å². The van der Waals surface area contributed by atoms with Gasteiger partial charge in [-0.15, -0.1) is 0 Å². The van der Waals surface area contributed by atoms with E-state index in [2.05, 4.69) is 11.9 Å². The summed E-state index contributed by atoms with van der Waals surface area (Å²) in [5.41, 5.74) is 5.43. The zero-order valence-electron chi connectivity index (χ0n) is 7.55. The molecule has 1 saturated carbocycles. The van der Waals surface area contributed by atoms with E-state index in [1.807, 2.05) is 0 Å². The molecule has 0 unspecified atom stereocenters. The van der Waals surface area contributed by atoms with Crippen molar-refractivity contribution in [1.29, 1.82) is 0 Å². The largest absolute Gasteiger partial charge is 0.330 e. The number of rotatable bonds is 5. The Kier molecular flexibility index (Phi) is 3.87. The van der Waals surface area contributed by atoms with Crippen LogP contribution in [0.25, 0.3) is 0 Å². The van der Waals surface area contributed by atoms with Crippen molar-refractivity contribution in [2.24, 2.45) is 11.7 Å². The quantitative estimate of drug-likeness (QED) is 0.645. The molecule has 11 heavy (non-hydrogen) atoms. The van der Waals surface area contributed by atoms with Gasteiger partial charge in [-0.25, -0.2) is 0 Å². The Hall–Kier alpha value is -0.0800. The fraction of sp³-hybridized carbons (Fsp3) is 1.00. The number of hydrogen-bond acceptors (Lipinski definition) is 2. The molecule has 2 N–H and O–H groups in total. The predicted molar refractivity (Wildman–Crippen MR) is 48.5 cm³/mol. The van der Waals surface area contributed by atoms with Crippen molar-refractivity contribution in [3.63, 3.8) is 0 Å². The molecule has 0 aromatic heterocycles. The van der Waals surface area contributed by atoms with Crippen molar-refractivity contribution in [1.82, 2.24) is 4.90 Å². The Bertz CT molecular complexity index is 99.7. The maximum absolute atomic E-state index is 5.43. The van der Waals surface area contributed by atoms with Gasteiger partial charge in [-0.05, 0) is 45.3 Å². The molecule has 1 fully saturated rings. The molecule has 66 valence electrons. The summed E-state index contributed by atoms with van der Waals surface area (Å²) in [7, 11) is 2.20. The van der Waals surface area contributed by atoms with Gasteiger partial charge in [0.2, 0.25) is 0 Å². The van der Waals surface area contributed by atoms with Crippen molar-refractivity contribution < 1.29 is 0 Å². The minimum Gasteiger partial charge on any atom is -0.330 e. The molecule has 1 aliphatic carbocycles. The van der Waals surface area contributed by atoms with E-state index in [1.54, 1.807) is 0 Å². The topological polar surface area (TPSA) is 29.3 Å². The molecular formula is C9H20N2. The second kappa shape index (κ2) is 4.73. The molecule has 0 saturated heterocycles. The van der Waals surface area contributed by atoms with Crippen molar-refractivity contribution in [3.05, 3.63) is 0 Å². The van der Waals surface area contributed by atoms with E-state index in [1.165, 1.54) is 32.4 Å². The lowest BCUT2D eigenvalue weighted by atomic mass is 9.85. The third-order valence-corrected chi connectivity index (χ3v) is 2.54. The summed E-state index contributed by atoms with van der Waals surface area (Å²) in [6.45, 7) is 3.29. The van der Waals surface area contributed by atoms with Crippen LogP contribution in [-0.2, 0) is 0 Å².